The Hall–Kier alpha value is -1.22. The maximum Gasteiger partial charge on any atom is 0.124 e. The summed E-state index contributed by atoms with van der Waals surface area (Å²) in [5.41, 5.74) is 1.84. The standard InChI is InChI=1S/C12H18O3/c1-8(2)10-6-11(14-3)9(7-13)5-12(10)15-4/h5-6,8,13H,7H2,1-4H3. The first-order valence-corrected chi connectivity index (χ1v) is 4.99. The minimum Gasteiger partial charge on any atom is -0.496 e. The smallest absolute Gasteiger partial charge is 0.124 e. The second kappa shape index (κ2) is 5.03. The number of aliphatic hydroxyl groups excluding tert-OH is 1. The molecule has 0 saturated carbocycles. The molecule has 0 atom stereocenters. The van der Waals surface area contributed by atoms with E-state index in [-0.39, 0.29) is 6.61 Å². The molecule has 0 aromatic heterocycles. The third kappa shape index (κ3) is 2.42. The lowest BCUT2D eigenvalue weighted by Crippen LogP contribution is -1.99. The fourth-order valence-electron chi connectivity index (χ4n) is 1.56. The van der Waals surface area contributed by atoms with Crippen molar-refractivity contribution in [2.75, 3.05) is 14.2 Å². The van der Waals surface area contributed by atoms with Crippen molar-refractivity contribution in [1.82, 2.24) is 0 Å². The largest absolute Gasteiger partial charge is 0.496 e. The first-order chi connectivity index (χ1) is 7.13. The predicted octanol–water partition coefficient (Wildman–Crippen LogP) is 2.32. The first kappa shape index (κ1) is 11.9. The molecule has 0 radical (unpaired) electrons. The third-order valence-corrected chi connectivity index (χ3v) is 2.43. The van der Waals surface area contributed by atoms with Gasteiger partial charge in [-0.15, -0.1) is 0 Å². The summed E-state index contributed by atoms with van der Waals surface area (Å²) in [6.07, 6.45) is 0. The monoisotopic (exact) mass is 210 g/mol. The maximum absolute atomic E-state index is 9.16. The molecule has 3 heteroatoms. The Bertz CT molecular complexity index is 332. The molecule has 1 aromatic rings. The van der Waals surface area contributed by atoms with E-state index in [0.717, 1.165) is 16.9 Å². The minimum atomic E-state index is -0.0437. The van der Waals surface area contributed by atoms with E-state index >= 15 is 0 Å². The van der Waals surface area contributed by atoms with Crippen LogP contribution in [-0.2, 0) is 6.61 Å². The SMILES string of the molecule is COc1cc(C(C)C)c(OC)cc1CO. The summed E-state index contributed by atoms with van der Waals surface area (Å²) < 4.78 is 10.5. The van der Waals surface area contributed by atoms with E-state index in [1.165, 1.54) is 0 Å². The molecule has 0 unspecified atom stereocenters. The molecule has 0 aliphatic carbocycles. The lowest BCUT2D eigenvalue weighted by Gasteiger charge is -2.15. The molecule has 0 heterocycles. The molecular formula is C12H18O3. The maximum atomic E-state index is 9.16. The number of aliphatic hydroxyl groups is 1. The second-order valence-electron chi connectivity index (χ2n) is 3.72. The van der Waals surface area contributed by atoms with Crippen LogP contribution in [0.5, 0.6) is 11.5 Å². The highest BCUT2D eigenvalue weighted by Gasteiger charge is 2.12. The van der Waals surface area contributed by atoms with Gasteiger partial charge in [-0.05, 0) is 18.1 Å². The van der Waals surface area contributed by atoms with Crippen LogP contribution in [-0.4, -0.2) is 19.3 Å². The van der Waals surface area contributed by atoms with Crippen LogP contribution < -0.4 is 9.47 Å². The molecule has 0 bridgehead atoms. The van der Waals surface area contributed by atoms with Gasteiger partial charge in [0, 0.05) is 11.1 Å². The van der Waals surface area contributed by atoms with Crippen LogP contribution in [0.25, 0.3) is 0 Å². The fourth-order valence-corrected chi connectivity index (χ4v) is 1.56. The van der Waals surface area contributed by atoms with Gasteiger partial charge in [-0.25, -0.2) is 0 Å². The van der Waals surface area contributed by atoms with Gasteiger partial charge in [0.25, 0.3) is 0 Å². The zero-order chi connectivity index (χ0) is 11.4. The Morgan fingerprint density at radius 1 is 1.13 bits per heavy atom. The Morgan fingerprint density at radius 3 is 2.13 bits per heavy atom. The van der Waals surface area contributed by atoms with Gasteiger partial charge in [-0.2, -0.15) is 0 Å². The third-order valence-electron chi connectivity index (χ3n) is 2.43. The lowest BCUT2D eigenvalue weighted by molar-refractivity contribution is 0.272. The number of rotatable bonds is 4. The zero-order valence-electron chi connectivity index (χ0n) is 9.70. The molecule has 0 saturated heterocycles. The minimum absolute atomic E-state index is 0.0437. The van der Waals surface area contributed by atoms with Crippen LogP contribution in [0.4, 0.5) is 0 Å². The molecule has 0 aliphatic heterocycles. The molecule has 1 aromatic carbocycles. The number of hydrogen-bond acceptors (Lipinski definition) is 3. The molecule has 0 aliphatic rings. The van der Waals surface area contributed by atoms with E-state index in [9.17, 15) is 0 Å². The van der Waals surface area contributed by atoms with Gasteiger partial charge in [-0.3, -0.25) is 0 Å². The topological polar surface area (TPSA) is 38.7 Å². The van der Waals surface area contributed by atoms with E-state index < -0.39 is 0 Å². The lowest BCUT2D eigenvalue weighted by atomic mass is 9.99. The Morgan fingerprint density at radius 2 is 1.73 bits per heavy atom. The molecule has 1 N–H and O–H groups in total. The number of ether oxygens (including phenoxy) is 2. The molecule has 0 spiro atoms. The van der Waals surface area contributed by atoms with Gasteiger partial charge in [0.2, 0.25) is 0 Å². The number of benzene rings is 1. The molecule has 84 valence electrons. The Balaban J connectivity index is 3.27. The van der Waals surface area contributed by atoms with Crippen LogP contribution in [0.15, 0.2) is 12.1 Å². The van der Waals surface area contributed by atoms with Gasteiger partial charge >= 0.3 is 0 Å². The van der Waals surface area contributed by atoms with E-state index in [0.29, 0.717) is 11.7 Å². The highest BCUT2D eigenvalue weighted by Crippen LogP contribution is 2.33. The quantitative estimate of drug-likeness (QED) is 0.828. The average molecular weight is 210 g/mol. The normalized spacial score (nSPS) is 10.5. The fraction of sp³-hybridized carbons (Fsp3) is 0.500. The van der Waals surface area contributed by atoms with E-state index in [1.807, 2.05) is 12.1 Å². The summed E-state index contributed by atoms with van der Waals surface area (Å²) in [5.74, 6) is 1.87. The predicted molar refractivity (Wildman–Crippen MR) is 59.6 cm³/mol. The molecule has 15 heavy (non-hydrogen) atoms. The summed E-state index contributed by atoms with van der Waals surface area (Å²) in [5, 5.41) is 9.16. The summed E-state index contributed by atoms with van der Waals surface area (Å²) in [4.78, 5) is 0. The molecule has 1 rings (SSSR count). The molecule has 0 amide bonds. The molecule has 0 fully saturated rings. The van der Waals surface area contributed by atoms with Crippen LogP contribution in [0.1, 0.15) is 30.9 Å². The highest BCUT2D eigenvalue weighted by molar-refractivity contribution is 5.47. The first-order valence-electron chi connectivity index (χ1n) is 4.99. The van der Waals surface area contributed by atoms with Crippen molar-refractivity contribution in [1.29, 1.82) is 0 Å². The second-order valence-corrected chi connectivity index (χ2v) is 3.72. The van der Waals surface area contributed by atoms with Gasteiger partial charge in [0.1, 0.15) is 11.5 Å². The molecular weight excluding hydrogens is 192 g/mol. The van der Waals surface area contributed by atoms with E-state index in [4.69, 9.17) is 14.6 Å². The summed E-state index contributed by atoms with van der Waals surface area (Å²) in [6, 6.07) is 3.75. The van der Waals surface area contributed by atoms with Crippen molar-refractivity contribution in [2.45, 2.75) is 26.4 Å². The summed E-state index contributed by atoms with van der Waals surface area (Å²) >= 11 is 0. The van der Waals surface area contributed by atoms with Gasteiger partial charge < -0.3 is 14.6 Å². The number of methoxy groups -OCH3 is 2. The summed E-state index contributed by atoms with van der Waals surface area (Å²) in [7, 11) is 3.24. The van der Waals surface area contributed by atoms with Crippen LogP contribution >= 0.6 is 0 Å². The van der Waals surface area contributed by atoms with Gasteiger partial charge in [0.15, 0.2) is 0 Å². The van der Waals surface area contributed by atoms with Crippen LogP contribution in [0, 0.1) is 0 Å². The van der Waals surface area contributed by atoms with Crippen molar-refractivity contribution in [2.24, 2.45) is 0 Å². The summed E-state index contributed by atoms with van der Waals surface area (Å²) in [6.45, 7) is 4.14. The zero-order valence-corrected chi connectivity index (χ0v) is 9.70. The van der Waals surface area contributed by atoms with Crippen molar-refractivity contribution >= 4 is 0 Å². The average Bonchev–Trinajstić information content (AvgIpc) is 2.26. The van der Waals surface area contributed by atoms with Gasteiger partial charge in [0.05, 0.1) is 20.8 Å². The van der Waals surface area contributed by atoms with Crippen LogP contribution in [0.3, 0.4) is 0 Å². The Labute approximate surface area is 90.6 Å². The van der Waals surface area contributed by atoms with Crippen molar-refractivity contribution in [3.8, 4) is 11.5 Å². The van der Waals surface area contributed by atoms with E-state index in [1.54, 1.807) is 14.2 Å². The van der Waals surface area contributed by atoms with Crippen LogP contribution in [0.2, 0.25) is 0 Å². The van der Waals surface area contributed by atoms with Crippen molar-refractivity contribution < 1.29 is 14.6 Å². The number of hydrogen-bond donors (Lipinski definition) is 1. The van der Waals surface area contributed by atoms with Crippen molar-refractivity contribution in [3.63, 3.8) is 0 Å². The van der Waals surface area contributed by atoms with E-state index in [2.05, 4.69) is 13.8 Å². The highest BCUT2D eigenvalue weighted by atomic mass is 16.5. The molecule has 3 nitrogen and oxygen atoms in total. The van der Waals surface area contributed by atoms with Gasteiger partial charge in [-0.1, -0.05) is 13.8 Å². The van der Waals surface area contributed by atoms with Crippen molar-refractivity contribution in [3.05, 3.63) is 23.3 Å². The Kier molecular flexibility index (Phi) is 3.97.